The number of hydrogen-bond donors (Lipinski definition) is 0. The Morgan fingerprint density at radius 2 is 1.86 bits per heavy atom. The number of halogens is 2. The van der Waals surface area contributed by atoms with E-state index in [0.717, 1.165) is 16.8 Å². The van der Waals surface area contributed by atoms with Crippen molar-refractivity contribution < 1.29 is 13.6 Å². The molecular weight excluding hydrogens is 272 g/mol. The fourth-order valence-electron chi connectivity index (χ4n) is 4.02. The molecule has 0 spiro atoms. The lowest BCUT2D eigenvalue weighted by molar-refractivity contribution is -0.136. The van der Waals surface area contributed by atoms with E-state index < -0.39 is 17.3 Å². The van der Waals surface area contributed by atoms with Crippen molar-refractivity contribution in [1.29, 1.82) is 0 Å². The fourth-order valence-corrected chi connectivity index (χ4v) is 4.02. The molecule has 1 unspecified atom stereocenters. The zero-order valence-corrected chi connectivity index (χ0v) is 13.3. The number of fused-ring (bicyclic) bond motifs is 1. The molecule has 1 aromatic carbocycles. The van der Waals surface area contributed by atoms with E-state index in [1.165, 1.54) is 0 Å². The molecule has 1 amide bonds. The second-order valence-electron chi connectivity index (χ2n) is 6.12. The van der Waals surface area contributed by atoms with Crippen molar-refractivity contribution in [1.82, 2.24) is 0 Å². The Labute approximate surface area is 125 Å². The van der Waals surface area contributed by atoms with Crippen LogP contribution in [0.2, 0.25) is 0 Å². The van der Waals surface area contributed by atoms with Crippen LogP contribution in [-0.4, -0.2) is 19.4 Å². The molecule has 0 saturated carbocycles. The number of carbonyl (C=O) groups excluding carboxylic acids is 1. The molecule has 0 aromatic heterocycles. The third kappa shape index (κ3) is 1.77. The van der Waals surface area contributed by atoms with Crippen LogP contribution in [0, 0.1) is 12.3 Å². The fraction of sp³-hybridized carbons (Fsp3) is 0.588. The minimum absolute atomic E-state index is 0.226. The maximum atomic E-state index is 14.0. The maximum absolute atomic E-state index is 14.0. The van der Waals surface area contributed by atoms with Gasteiger partial charge in [-0.15, -0.1) is 0 Å². The van der Waals surface area contributed by atoms with Gasteiger partial charge in [-0.1, -0.05) is 32.0 Å². The van der Waals surface area contributed by atoms with Crippen LogP contribution in [0.25, 0.3) is 0 Å². The first-order valence-electron chi connectivity index (χ1n) is 7.44. The predicted octanol–water partition coefficient (Wildman–Crippen LogP) is 4.30. The summed E-state index contributed by atoms with van der Waals surface area (Å²) >= 11 is 0. The highest BCUT2D eigenvalue weighted by Crippen LogP contribution is 2.57. The van der Waals surface area contributed by atoms with E-state index in [1.807, 2.05) is 25.1 Å². The predicted molar refractivity (Wildman–Crippen MR) is 81.0 cm³/mol. The molecule has 0 aliphatic carbocycles. The lowest BCUT2D eigenvalue weighted by Gasteiger charge is -2.44. The van der Waals surface area contributed by atoms with Crippen molar-refractivity contribution in [2.45, 2.75) is 52.4 Å². The van der Waals surface area contributed by atoms with Gasteiger partial charge < -0.3 is 4.90 Å². The van der Waals surface area contributed by atoms with Crippen LogP contribution in [0.5, 0.6) is 0 Å². The smallest absolute Gasteiger partial charge is 0.245 e. The molecule has 1 atom stereocenters. The number of alkyl halides is 2. The summed E-state index contributed by atoms with van der Waals surface area (Å²) < 4.78 is 28.0. The van der Waals surface area contributed by atoms with Crippen molar-refractivity contribution in [3.05, 3.63) is 29.3 Å². The van der Waals surface area contributed by atoms with Crippen molar-refractivity contribution in [2.24, 2.45) is 5.41 Å². The topological polar surface area (TPSA) is 20.3 Å². The van der Waals surface area contributed by atoms with E-state index in [9.17, 15) is 13.6 Å². The van der Waals surface area contributed by atoms with Crippen LogP contribution in [0.4, 0.5) is 14.5 Å². The highest BCUT2D eigenvalue weighted by atomic mass is 19.3. The molecule has 0 fully saturated rings. The number of amides is 1. The largest absolute Gasteiger partial charge is 0.314 e. The highest BCUT2D eigenvalue weighted by Gasteiger charge is 2.62. The van der Waals surface area contributed by atoms with E-state index in [0.29, 0.717) is 0 Å². The zero-order valence-electron chi connectivity index (χ0n) is 13.3. The Balaban J connectivity index is 2.79. The Morgan fingerprint density at radius 1 is 1.29 bits per heavy atom. The van der Waals surface area contributed by atoms with Crippen LogP contribution >= 0.6 is 0 Å². The van der Waals surface area contributed by atoms with Gasteiger partial charge in [0.2, 0.25) is 12.3 Å². The summed E-state index contributed by atoms with van der Waals surface area (Å²) in [6.07, 6.45) is -2.00. The molecule has 116 valence electrons. The molecule has 0 radical (unpaired) electrons. The lowest BCUT2D eigenvalue weighted by atomic mass is 9.58. The first-order chi connectivity index (χ1) is 9.77. The Kier molecular flexibility index (Phi) is 3.85. The van der Waals surface area contributed by atoms with Crippen LogP contribution in [-0.2, 0) is 10.2 Å². The van der Waals surface area contributed by atoms with Gasteiger partial charge in [-0.3, -0.25) is 4.79 Å². The van der Waals surface area contributed by atoms with Gasteiger partial charge in [0.15, 0.2) is 0 Å². The summed E-state index contributed by atoms with van der Waals surface area (Å²) in [7, 11) is 1.68. The number of para-hydroxylation sites is 1. The van der Waals surface area contributed by atoms with E-state index in [1.54, 1.807) is 32.7 Å². The SMILES string of the molecule is CCC(CC)(C(F)F)C1(C)C(=O)N(C)c2c(C)cccc21. The first kappa shape index (κ1) is 15.9. The highest BCUT2D eigenvalue weighted by molar-refractivity contribution is 6.08. The van der Waals surface area contributed by atoms with E-state index in [2.05, 4.69) is 0 Å². The van der Waals surface area contributed by atoms with E-state index in [-0.39, 0.29) is 18.7 Å². The molecule has 2 nitrogen and oxygen atoms in total. The number of likely N-dealkylation sites (N-methyl/N-ethyl adjacent to an activating group) is 1. The first-order valence-corrected chi connectivity index (χ1v) is 7.44. The summed E-state index contributed by atoms with van der Waals surface area (Å²) in [4.78, 5) is 14.4. The number of hydrogen-bond acceptors (Lipinski definition) is 1. The molecule has 1 aromatic rings. The minimum atomic E-state index is -2.54. The second-order valence-corrected chi connectivity index (χ2v) is 6.12. The van der Waals surface area contributed by atoms with Gasteiger partial charge in [0.1, 0.15) is 0 Å². The zero-order chi connectivity index (χ0) is 16.0. The maximum Gasteiger partial charge on any atom is 0.245 e. The Bertz CT molecular complexity index is 566. The van der Waals surface area contributed by atoms with Crippen LogP contribution in [0.1, 0.15) is 44.7 Å². The lowest BCUT2D eigenvalue weighted by Crippen LogP contribution is -2.53. The summed E-state index contributed by atoms with van der Waals surface area (Å²) in [5, 5.41) is 0. The number of carbonyl (C=O) groups is 1. The molecule has 21 heavy (non-hydrogen) atoms. The molecule has 1 aliphatic heterocycles. The average Bonchev–Trinajstić information content (AvgIpc) is 2.65. The third-order valence-electron chi connectivity index (χ3n) is 5.52. The van der Waals surface area contributed by atoms with E-state index >= 15 is 0 Å². The van der Waals surface area contributed by atoms with Crippen molar-refractivity contribution in [3.8, 4) is 0 Å². The van der Waals surface area contributed by atoms with Gasteiger partial charge in [-0.2, -0.15) is 0 Å². The molecule has 4 heteroatoms. The monoisotopic (exact) mass is 295 g/mol. The van der Waals surface area contributed by atoms with Gasteiger partial charge in [0.25, 0.3) is 0 Å². The third-order valence-corrected chi connectivity index (χ3v) is 5.52. The summed E-state index contributed by atoms with van der Waals surface area (Å²) in [6.45, 7) is 7.11. The van der Waals surface area contributed by atoms with E-state index in [4.69, 9.17) is 0 Å². The number of benzene rings is 1. The van der Waals surface area contributed by atoms with Gasteiger partial charge in [0.05, 0.1) is 11.1 Å². The van der Waals surface area contributed by atoms with Crippen molar-refractivity contribution >= 4 is 11.6 Å². The number of aryl methyl sites for hydroxylation is 1. The molecular formula is C17H23F2NO. The van der Waals surface area contributed by atoms with Gasteiger partial charge in [0, 0.05) is 12.5 Å². The van der Waals surface area contributed by atoms with Crippen molar-refractivity contribution in [2.75, 3.05) is 11.9 Å². The molecule has 0 saturated heterocycles. The minimum Gasteiger partial charge on any atom is -0.314 e. The molecule has 1 heterocycles. The van der Waals surface area contributed by atoms with Crippen LogP contribution in [0.3, 0.4) is 0 Å². The second kappa shape index (κ2) is 5.08. The van der Waals surface area contributed by atoms with Crippen LogP contribution < -0.4 is 4.90 Å². The standard InChI is InChI=1S/C17H23F2NO/c1-6-17(7-2,14(18)19)16(4)12-10-8-9-11(3)13(12)20(5)15(16)21/h8-10,14H,6-7H2,1-5H3. The van der Waals surface area contributed by atoms with Gasteiger partial charge >= 0.3 is 0 Å². The normalized spacial score (nSPS) is 22.1. The quantitative estimate of drug-likeness (QED) is 0.811. The van der Waals surface area contributed by atoms with Gasteiger partial charge in [-0.05, 0) is 37.8 Å². The summed E-state index contributed by atoms with van der Waals surface area (Å²) in [5.74, 6) is -0.226. The molecule has 0 N–H and O–H groups in total. The summed E-state index contributed by atoms with van der Waals surface area (Å²) in [6, 6.07) is 5.59. The number of anilines is 1. The number of nitrogens with zero attached hydrogens (tertiary/aromatic N) is 1. The average molecular weight is 295 g/mol. The Hall–Kier alpha value is -1.45. The van der Waals surface area contributed by atoms with Crippen molar-refractivity contribution in [3.63, 3.8) is 0 Å². The molecule has 0 bridgehead atoms. The molecule has 1 aliphatic rings. The van der Waals surface area contributed by atoms with Crippen LogP contribution in [0.15, 0.2) is 18.2 Å². The Morgan fingerprint density at radius 3 is 2.33 bits per heavy atom. The molecule has 2 rings (SSSR count). The van der Waals surface area contributed by atoms with Gasteiger partial charge in [-0.25, -0.2) is 8.78 Å². The number of rotatable bonds is 4. The summed E-state index contributed by atoms with van der Waals surface area (Å²) in [5.41, 5.74) is -0.0450.